The number of fused-ring (bicyclic) bond motifs is 1. The molecule has 3 rings (SSSR count). The topological polar surface area (TPSA) is 67.0 Å². The molecule has 0 atom stereocenters. The van der Waals surface area contributed by atoms with Crippen molar-refractivity contribution in [1.82, 2.24) is 4.57 Å². The Balaban J connectivity index is 2.05. The fourth-order valence-corrected chi connectivity index (χ4v) is 3.13. The molecule has 0 unspecified atom stereocenters. The number of hydrogen-bond acceptors (Lipinski definition) is 3. The van der Waals surface area contributed by atoms with E-state index in [1.807, 2.05) is 42.8 Å². The predicted octanol–water partition coefficient (Wildman–Crippen LogP) is 5.33. The Morgan fingerprint density at radius 3 is 2.85 bits per heavy atom. The summed E-state index contributed by atoms with van der Waals surface area (Å²) < 4.78 is 7.01. The van der Waals surface area contributed by atoms with Crippen molar-refractivity contribution in [3.8, 4) is 17.3 Å². The normalized spacial score (nSPS) is 10.5. The van der Waals surface area contributed by atoms with E-state index in [-0.39, 0.29) is 0 Å². The molecule has 1 aromatic heterocycles. The zero-order valence-corrected chi connectivity index (χ0v) is 15.3. The van der Waals surface area contributed by atoms with E-state index in [1.54, 1.807) is 18.2 Å². The number of rotatable bonds is 4. The summed E-state index contributed by atoms with van der Waals surface area (Å²) in [5.41, 5.74) is 3.67. The number of nitrogens with one attached hydrogen (secondary N) is 1. The fourth-order valence-electron chi connectivity index (χ4n) is 2.96. The van der Waals surface area contributed by atoms with Gasteiger partial charge in [-0.15, -0.1) is 0 Å². The summed E-state index contributed by atoms with van der Waals surface area (Å²) in [5.74, 6) is 0. The molecule has 1 amide bonds. The molecule has 26 heavy (non-hydrogen) atoms. The summed E-state index contributed by atoms with van der Waals surface area (Å²) >= 11 is 6.10. The van der Waals surface area contributed by atoms with Gasteiger partial charge in [-0.05, 0) is 36.8 Å². The molecule has 2 aromatic carbocycles. The summed E-state index contributed by atoms with van der Waals surface area (Å²) in [7, 11) is 1.90. The number of aryl methyl sites for hydroxylation is 1. The van der Waals surface area contributed by atoms with Gasteiger partial charge >= 0.3 is 6.09 Å². The molecule has 6 heteroatoms. The van der Waals surface area contributed by atoms with E-state index in [0.29, 0.717) is 22.9 Å². The molecule has 0 aliphatic rings. The quantitative estimate of drug-likeness (QED) is 0.677. The molecule has 0 saturated heterocycles. The molecule has 0 spiro atoms. The zero-order valence-electron chi connectivity index (χ0n) is 14.5. The van der Waals surface area contributed by atoms with Gasteiger partial charge in [0.05, 0.1) is 17.9 Å². The maximum absolute atomic E-state index is 11.8. The van der Waals surface area contributed by atoms with Gasteiger partial charge < -0.3 is 9.30 Å². The van der Waals surface area contributed by atoms with Crippen LogP contribution in [0.15, 0.2) is 42.5 Å². The van der Waals surface area contributed by atoms with Gasteiger partial charge in [-0.2, -0.15) is 5.26 Å². The van der Waals surface area contributed by atoms with Gasteiger partial charge in [-0.3, -0.25) is 5.32 Å². The van der Waals surface area contributed by atoms with E-state index in [9.17, 15) is 10.1 Å². The van der Waals surface area contributed by atoms with Crippen LogP contribution in [0.3, 0.4) is 0 Å². The van der Waals surface area contributed by atoms with Gasteiger partial charge in [0, 0.05) is 34.2 Å². The monoisotopic (exact) mass is 367 g/mol. The fraction of sp³-hybridized carbons (Fsp3) is 0.200. The second kappa shape index (κ2) is 7.51. The Morgan fingerprint density at radius 2 is 2.12 bits per heavy atom. The van der Waals surface area contributed by atoms with Crippen LogP contribution in [0.2, 0.25) is 5.02 Å². The molecule has 0 radical (unpaired) electrons. The second-order valence-electron chi connectivity index (χ2n) is 5.90. The molecule has 132 valence electrons. The third-order valence-corrected chi connectivity index (χ3v) is 4.33. The van der Waals surface area contributed by atoms with E-state index < -0.39 is 6.09 Å². The van der Waals surface area contributed by atoms with E-state index in [4.69, 9.17) is 16.3 Å². The lowest BCUT2D eigenvalue weighted by Gasteiger charge is -2.09. The molecule has 0 aliphatic heterocycles. The molecular weight excluding hydrogens is 350 g/mol. The van der Waals surface area contributed by atoms with Crippen molar-refractivity contribution in [3.63, 3.8) is 0 Å². The molecule has 5 nitrogen and oxygen atoms in total. The number of amides is 1. The average molecular weight is 368 g/mol. The van der Waals surface area contributed by atoms with Crippen molar-refractivity contribution in [3.05, 3.63) is 53.1 Å². The van der Waals surface area contributed by atoms with E-state index in [2.05, 4.69) is 11.4 Å². The number of hydrogen-bond donors (Lipinski definition) is 1. The summed E-state index contributed by atoms with van der Waals surface area (Å²) in [6.45, 7) is 2.30. The number of anilines is 1. The summed E-state index contributed by atoms with van der Waals surface area (Å²) in [4.78, 5) is 11.8. The number of nitrogens with zero attached hydrogens (tertiary/aromatic N) is 2. The van der Waals surface area contributed by atoms with Crippen LogP contribution >= 0.6 is 11.6 Å². The van der Waals surface area contributed by atoms with Crippen LogP contribution in [0, 0.1) is 11.3 Å². The lowest BCUT2D eigenvalue weighted by atomic mass is 10.1. The van der Waals surface area contributed by atoms with Crippen LogP contribution in [0.25, 0.3) is 22.2 Å². The van der Waals surface area contributed by atoms with Crippen LogP contribution in [0.1, 0.15) is 18.9 Å². The molecule has 3 aromatic rings. The Labute approximate surface area is 156 Å². The van der Waals surface area contributed by atoms with Crippen molar-refractivity contribution in [1.29, 1.82) is 5.26 Å². The zero-order chi connectivity index (χ0) is 18.7. The number of carbonyl (C=O) groups is 1. The maximum atomic E-state index is 11.8. The smallest absolute Gasteiger partial charge is 0.411 e. The van der Waals surface area contributed by atoms with Gasteiger partial charge in [0.1, 0.15) is 6.07 Å². The van der Waals surface area contributed by atoms with Crippen LogP contribution < -0.4 is 5.32 Å². The van der Waals surface area contributed by atoms with Gasteiger partial charge in [0.15, 0.2) is 0 Å². The van der Waals surface area contributed by atoms with Crippen LogP contribution in [0.5, 0.6) is 0 Å². The molecule has 0 bridgehead atoms. The minimum absolute atomic E-state index is 0.369. The second-order valence-corrected chi connectivity index (χ2v) is 6.33. The average Bonchev–Trinajstić information content (AvgIpc) is 2.91. The summed E-state index contributed by atoms with van der Waals surface area (Å²) in [6, 6.07) is 15.1. The van der Waals surface area contributed by atoms with Gasteiger partial charge in [-0.1, -0.05) is 30.7 Å². The van der Waals surface area contributed by atoms with Crippen LogP contribution in [-0.4, -0.2) is 17.3 Å². The molecule has 1 N–H and O–H groups in total. The summed E-state index contributed by atoms with van der Waals surface area (Å²) in [6.07, 6.45) is 0.269. The van der Waals surface area contributed by atoms with Crippen molar-refractivity contribution < 1.29 is 9.53 Å². The Hall–Kier alpha value is -2.97. The largest absolute Gasteiger partial charge is 0.449 e. The van der Waals surface area contributed by atoms with Gasteiger partial charge in [-0.25, -0.2) is 4.79 Å². The van der Waals surface area contributed by atoms with Gasteiger partial charge in [0.25, 0.3) is 0 Å². The van der Waals surface area contributed by atoms with E-state index in [0.717, 1.165) is 28.6 Å². The highest BCUT2D eigenvalue weighted by Crippen LogP contribution is 2.34. The number of ether oxygens (including phenoxy) is 1. The number of aromatic nitrogens is 1. The summed E-state index contributed by atoms with van der Waals surface area (Å²) in [5, 5.41) is 13.8. The standard InChI is InChI=1S/C20H18ClN3O2/c1-3-9-26-20(25)23-15-6-4-5-13(10-15)19-17(12-22)16-11-14(21)7-8-18(16)24(19)2/h4-8,10-11H,3,9H2,1-2H3,(H,23,25). The minimum atomic E-state index is -0.492. The minimum Gasteiger partial charge on any atom is -0.449 e. The Bertz CT molecular complexity index is 1020. The lowest BCUT2D eigenvalue weighted by molar-refractivity contribution is 0.161. The van der Waals surface area contributed by atoms with E-state index in [1.165, 1.54) is 0 Å². The van der Waals surface area contributed by atoms with E-state index >= 15 is 0 Å². The van der Waals surface area contributed by atoms with Crippen molar-refractivity contribution in [2.45, 2.75) is 13.3 Å². The first-order valence-electron chi connectivity index (χ1n) is 8.27. The third-order valence-electron chi connectivity index (χ3n) is 4.09. The molecule has 0 fully saturated rings. The molecule has 1 heterocycles. The molecule has 0 aliphatic carbocycles. The molecular formula is C20H18ClN3O2. The van der Waals surface area contributed by atoms with Crippen LogP contribution in [0.4, 0.5) is 10.5 Å². The predicted molar refractivity (Wildman–Crippen MR) is 103 cm³/mol. The number of carbonyl (C=O) groups excluding carboxylic acids is 1. The highest BCUT2D eigenvalue weighted by Gasteiger charge is 2.17. The number of halogens is 1. The van der Waals surface area contributed by atoms with Gasteiger partial charge in [0.2, 0.25) is 0 Å². The highest BCUT2D eigenvalue weighted by molar-refractivity contribution is 6.31. The van der Waals surface area contributed by atoms with Crippen molar-refractivity contribution >= 4 is 34.3 Å². The highest BCUT2D eigenvalue weighted by atomic mass is 35.5. The first-order chi connectivity index (χ1) is 12.5. The Kier molecular flexibility index (Phi) is 5.15. The van der Waals surface area contributed by atoms with Crippen molar-refractivity contribution in [2.24, 2.45) is 7.05 Å². The lowest BCUT2D eigenvalue weighted by Crippen LogP contribution is -2.14. The first kappa shape index (κ1) is 17.8. The maximum Gasteiger partial charge on any atom is 0.411 e. The Morgan fingerprint density at radius 1 is 1.31 bits per heavy atom. The first-order valence-corrected chi connectivity index (χ1v) is 8.65. The SMILES string of the molecule is CCCOC(=O)Nc1cccc(-c2c(C#N)c3cc(Cl)ccc3n2C)c1. The molecule has 0 saturated carbocycles. The number of nitriles is 1. The number of benzene rings is 2. The van der Waals surface area contributed by atoms with Crippen molar-refractivity contribution in [2.75, 3.05) is 11.9 Å². The van der Waals surface area contributed by atoms with Crippen LogP contribution in [-0.2, 0) is 11.8 Å². The third kappa shape index (κ3) is 3.37.